The molecule has 0 aliphatic rings. The third-order valence-corrected chi connectivity index (χ3v) is 3.53. The zero-order chi connectivity index (χ0) is 17.7. The number of amides is 1. The van der Waals surface area contributed by atoms with Crippen molar-refractivity contribution in [2.75, 3.05) is 5.32 Å². The Labute approximate surface area is 152 Å². The smallest absolute Gasteiger partial charge is 0.231 e. The number of hydrogen-bond donors (Lipinski definition) is 2. The van der Waals surface area contributed by atoms with Crippen molar-refractivity contribution in [3.8, 4) is 11.5 Å². The van der Waals surface area contributed by atoms with Gasteiger partial charge in [0, 0.05) is 16.1 Å². The molecule has 126 valence electrons. The molecule has 0 aliphatic carbocycles. The number of halogens is 1. The van der Waals surface area contributed by atoms with Crippen molar-refractivity contribution in [2.45, 2.75) is 20.8 Å². The molecule has 0 saturated carbocycles. The van der Waals surface area contributed by atoms with Gasteiger partial charge >= 0.3 is 0 Å². The lowest BCUT2D eigenvalue weighted by atomic mass is 9.96. The van der Waals surface area contributed by atoms with E-state index in [2.05, 4.69) is 10.6 Å². The van der Waals surface area contributed by atoms with E-state index in [1.54, 1.807) is 24.3 Å². The largest absolute Gasteiger partial charge is 0.457 e. The predicted octanol–water partition coefficient (Wildman–Crippen LogP) is 4.99. The van der Waals surface area contributed by atoms with Crippen LogP contribution < -0.4 is 15.4 Å². The van der Waals surface area contributed by atoms with Gasteiger partial charge in [0.05, 0.1) is 0 Å². The van der Waals surface area contributed by atoms with E-state index < -0.39 is 5.41 Å². The molecule has 4 nitrogen and oxygen atoms in total. The van der Waals surface area contributed by atoms with Crippen LogP contribution in [0.2, 0.25) is 5.02 Å². The first kappa shape index (κ1) is 18.2. The van der Waals surface area contributed by atoms with Crippen molar-refractivity contribution in [3.63, 3.8) is 0 Å². The van der Waals surface area contributed by atoms with Gasteiger partial charge in [0.25, 0.3) is 0 Å². The van der Waals surface area contributed by atoms with E-state index in [0.717, 1.165) is 5.69 Å². The number of anilines is 1. The third-order valence-electron chi connectivity index (χ3n) is 3.07. The minimum Gasteiger partial charge on any atom is -0.457 e. The van der Waals surface area contributed by atoms with Gasteiger partial charge in [0.2, 0.25) is 5.91 Å². The summed E-state index contributed by atoms with van der Waals surface area (Å²) in [5, 5.41) is 6.56. The number of nitrogens with one attached hydrogen (secondary N) is 2. The molecule has 0 aromatic heterocycles. The Kier molecular flexibility index (Phi) is 5.80. The molecule has 0 saturated heterocycles. The number of thiocarbonyl (C=S) groups is 1. The number of benzene rings is 2. The van der Waals surface area contributed by atoms with Crippen LogP contribution in [-0.2, 0) is 4.79 Å². The van der Waals surface area contributed by atoms with Crippen LogP contribution in [0.1, 0.15) is 20.8 Å². The molecule has 0 radical (unpaired) electrons. The average Bonchev–Trinajstić information content (AvgIpc) is 2.50. The zero-order valence-electron chi connectivity index (χ0n) is 13.7. The second-order valence-corrected chi connectivity index (χ2v) is 7.08. The van der Waals surface area contributed by atoms with Gasteiger partial charge in [0.1, 0.15) is 11.5 Å². The lowest BCUT2D eigenvalue weighted by Gasteiger charge is -2.18. The van der Waals surface area contributed by atoms with Gasteiger partial charge in [-0.15, -0.1) is 0 Å². The second-order valence-electron chi connectivity index (χ2n) is 6.24. The fourth-order valence-electron chi connectivity index (χ4n) is 1.70. The molecule has 0 bridgehead atoms. The first-order valence-electron chi connectivity index (χ1n) is 7.40. The second kappa shape index (κ2) is 7.64. The Morgan fingerprint density at radius 3 is 2.00 bits per heavy atom. The number of carbonyl (C=O) groups is 1. The van der Waals surface area contributed by atoms with Crippen LogP contribution in [0.3, 0.4) is 0 Å². The summed E-state index contributed by atoms with van der Waals surface area (Å²) in [5.41, 5.74) is 0.264. The number of hydrogen-bond acceptors (Lipinski definition) is 3. The fourth-order valence-corrected chi connectivity index (χ4v) is 2.03. The summed E-state index contributed by atoms with van der Waals surface area (Å²) in [5.74, 6) is 1.25. The predicted molar refractivity (Wildman–Crippen MR) is 102 cm³/mol. The molecule has 0 fully saturated rings. The van der Waals surface area contributed by atoms with Gasteiger partial charge in [-0.05, 0) is 60.7 Å². The summed E-state index contributed by atoms with van der Waals surface area (Å²) in [4.78, 5) is 11.9. The van der Waals surface area contributed by atoms with Gasteiger partial charge in [0.15, 0.2) is 5.11 Å². The zero-order valence-corrected chi connectivity index (χ0v) is 15.3. The van der Waals surface area contributed by atoms with E-state index in [-0.39, 0.29) is 11.0 Å². The maximum Gasteiger partial charge on any atom is 0.231 e. The maximum absolute atomic E-state index is 11.9. The molecule has 2 N–H and O–H groups in total. The van der Waals surface area contributed by atoms with Crippen molar-refractivity contribution in [1.29, 1.82) is 0 Å². The molecule has 0 atom stereocenters. The van der Waals surface area contributed by atoms with Crippen molar-refractivity contribution in [3.05, 3.63) is 53.6 Å². The van der Waals surface area contributed by atoms with Crippen molar-refractivity contribution < 1.29 is 9.53 Å². The summed E-state index contributed by atoms with van der Waals surface area (Å²) >= 11 is 11.0. The summed E-state index contributed by atoms with van der Waals surface area (Å²) in [6.07, 6.45) is 0. The summed E-state index contributed by atoms with van der Waals surface area (Å²) in [6, 6.07) is 14.4. The van der Waals surface area contributed by atoms with Gasteiger partial charge in [-0.2, -0.15) is 0 Å². The van der Waals surface area contributed by atoms with Gasteiger partial charge in [-0.3, -0.25) is 4.79 Å². The van der Waals surface area contributed by atoms with Gasteiger partial charge in [-0.25, -0.2) is 0 Å². The highest BCUT2D eigenvalue weighted by molar-refractivity contribution is 7.80. The first-order chi connectivity index (χ1) is 11.2. The highest BCUT2D eigenvalue weighted by Crippen LogP contribution is 2.24. The number of rotatable bonds is 3. The highest BCUT2D eigenvalue weighted by Gasteiger charge is 2.21. The lowest BCUT2D eigenvalue weighted by molar-refractivity contribution is -0.126. The third kappa shape index (κ3) is 5.51. The van der Waals surface area contributed by atoms with E-state index in [4.69, 9.17) is 28.6 Å². The van der Waals surface area contributed by atoms with Crippen LogP contribution in [0.15, 0.2) is 48.5 Å². The Bertz CT molecular complexity index is 722. The summed E-state index contributed by atoms with van der Waals surface area (Å²) in [6.45, 7) is 5.48. The van der Waals surface area contributed by atoms with Crippen molar-refractivity contribution in [1.82, 2.24) is 5.32 Å². The first-order valence-corrected chi connectivity index (χ1v) is 8.18. The number of carbonyl (C=O) groups excluding carboxylic acids is 1. The minimum absolute atomic E-state index is 0.136. The molecule has 1 amide bonds. The van der Waals surface area contributed by atoms with E-state index >= 15 is 0 Å². The molecular formula is C18H19ClN2O2S. The standard InChI is InChI=1S/C18H19ClN2O2S/c1-18(2,3)16(22)21-17(24)20-13-6-10-15(11-7-13)23-14-8-4-12(19)5-9-14/h4-11H,1-3H3,(H2,20,21,22,24). The lowest BCUT2D eigenvalue weighted by Crippen LogP contribution is -2.41. The number of ether oxygens (including phenoxy) is 1. The SMILES string of the molecule is CC(C)(C)C(=O)NC(=S)Nc1ccc(Oc2ccc(Cl)cc2)cc1. The van der Waals surface area contributed by atoms with Crippen LogP contribution in [0.5, 0.6) is 11.5 Å². The van der Waals surface area contributed by atoms with Crippen molar-refractivity contribution in [2.24, 2.45) is 5.41 Å². The van der Waals surface area contributed by atoms with Crippen LogP contribution in [0, 0.1) is 5.41 Å². The normalized spacial score (nSPS) is 10.8. The fraction of sp³-hybridized carbons (Fsp3) is 0.222. The molecule has 2 rings (SSSR count). The summed E-state index contributed by atoms with van der Waals surface area (Å²) < 4.78 is 5.71. The minimum atomic E-state index is -0.498. The molecule has 0 aliphatic heterocycles. The van der Waals surface area contributed by atoms with Crippen LogP contribution in [0.25, 0.3) is 0 Å². The van der Waals surface area contributed by atoms with Gasteiger partial charge in [-0.1, -0.05) is 32.4 Å². The Morgan fingerprint density at radius 1 is 1.00 bits per heavy atom. The van der Waals surface area contributed by atoms with E-state index in [1.807, 2.05) is 45.0 Å². The molecule has 0 heterocycles. The Morgan fingerprint density at radius 2 is 1.50 bits per heavy atom. The molecule has 24 heavy (non-hydrogen) atoms. The van der Waals surface area contributed by atoms with E-state index in [1.165, 1.54) is 0 Å². The van der Waals surface area contributed by atoms with E-state index in [9.17, 15) is 4.79 Å². The maximum atomic E-state index is 11.9. The van der Waals surface area contributed by atoms with Crippen LogP contribution in [0.4, 0.5) is 5.69 Å². The van der Waals surface area contributed by atoms with Crippen LogP contribution in [-0.4, -0.2) is 11.0 Å². The van der Waals surface area contributed by atoms with Crippen molar-refractivity contribution >= 4 is 40.5 Å². The Hall–Kier alpha value is -2.11. The van der Waals surface area contributed by atoms with E-state index in [0.29, 0.717) is 16.5 Å². The quantitative estimate of drug-likeness (QED) is 0.755. The van der Waals surface area contributed by atoms with Gasteiger partial charge < -0.3 is 15.4 Å². The highest BCUT2D eigenvalue weighted by atomic mass is 35.5. The molecular weight excluding hydrogens is 344 g/mol. The topological polar surface area (TPSA) is 50.4 Å². The van der Waals surface area contributed by atoms with Crippen LogP contribution >= 0.6 is 23.8 Å². The molecule has 6 heteroatoms. The Balaban J connectivity index is 1.93. The molecule has 0 unspecified atom stereocenters. The average molecular weight is 363 g/mol. The molecule has 2 aromatic carbocycles. The molecule has 0 spiro atoms. The molecule has 2 aromatic rings. The monoisotopic (exact) mass is 362 g/mol. The summed E-state index contributed by atoms with van der Waals surface area (Å²) in [7, 11) is 0.